The van der Waals surface area contributed by atoms with Gasteiger partial charge in [-0.3, -0.25) is 0 Å². The van der Waals surface area contributed by atoms with Gasteiger partial charge in [-0.2, -0.15) is 10.2 Å². The predicted molar refractivity (Wildman–Crippen MR) is 167 cm³/mol. The van der Waals surface area contributed by atoms with E-state index < -0.39 is 8.07 Å². The molecule has 3 aromatic rings. The fourth-order valence-corrected chi connectivity index (χ4v) is 11.8. The minimum absolute atomic E-state index is 0.0169. The number of rotatable bonds is 10. The average Bonchev–Trinajstić information content (AvgIpc) is 3.49. The van der Waals surface area contributed by atoms with E-state index in [1.165, 1.54) is 0 Å². The summed E-state index contributed by atoms with van der Waals surface area (Å²) in [6.07, 6.45) is 5.11. The van der Waals surface area contributed by atoms with Crippen LogP contribution >= 0.6 is 0 Å². The summed E-state index contributed by atoms with van der Waals surface area (Å²) in [6, 6.07) is 6.55. The van der Waals surface area contributed by atoms with Crippen molar-refractivity contribution in [2.45, 2.75) is 110 Å². The highest BCUT2D eigenvalue weighted by atomic mass is 28.3. The van der Waals surface area contributed by atoms with Crippen LogP contribution in [0.5, 0.6) is 5.88 Å². The van der Waals surface area contributed by atoms with Crippen molar-refractivity contribution in [3.05, 3.63) is 30.1 Å². The quantitative estimate of drug-likeness (QED) is 0.209. The molecule has 0 radical (unpaired) electrons. The molecule has 0 amide bonds. The first-order chi connectivity index (χ1) is 19.1. The normalized spacial score (nSPS) is 17.1. The molecule has 218 valence electrons. The first-order valence-corrected chi connectivity index (χ1v) is 17.4. The molecule has 40 heavy (non-hydrogen) atoms. The molecular formula is C32H49N5O2Si. The molecule has 1 N–H and O–H groups in total. The third kappa shape index (κ3) is 5.88. The van der Waals surface area contributed by atoms with Gasteiger partial charge in [-0.1, -0.05) is 53.5 Å². The van der Waals surface area contributed by atoms with Crippen molar-refractivity contribution in [3.63, 3.8) is 0 Å². The smallest absolute Gasteiger partial charge is 0.220 e. The van der Waals surface area contributed by atoms with E-state index in [0.29, 0.717) is 16.6 Å². The number of aryl methyl sites for hydroxylation is 1. The molecule has 7 nitrogen and oxygen atoms in total. The molecule has 2 aromatic heterocycles. The Labute approximate surface area is 242 Å². The van der Waals surface area contributed by atoms with Crippen LogP contribution in [0, 0.1) is 11.5 Å². The van der Waals surface area contributed by atoms with E-state index in [-0.39, 0.29) is 12.3 Å². The van der Waals surface area contributed by atoms with Gasteiger partial charge in [-0.05, 0) is 74.5 Å². The van der Waals surface area contributed by atoms with Crippen molar-refractivity contribution in [1.82, 2.24) is 24.9 Å². The standard InChI is InChI=1S/C32H49N5O2Si/c1-10-36-32(39-25(8)20-33-9)28(21-34-36)26-14-15-30-27(19-26)29(35-37(30)31-13-11-12-17-38-31)16-18-40(22(2)3,23(4)5)24(6)7/h14-15,19,21-25,31,33H,10-13,17,20H2,1-9H3/t25-,31?/m0/s1. The molecule has 4 rings (SSSR count). The highest BCUT2D eigenvalue weighted by Crippen LogP contribution is 2.41. The molecule has 1 unspecified atom stereocenters. The monoisotopic (exact) mass is 563 g/mol. The molecule has 1 fully saturated rings. The van der Waals surface area contributed by atoms with E-state index in [9.17, 15) is 0 Å². The van der Waals surface area contributed by atoms with Gasteiger partial charge in [0, 0.05) is 25.1 Å². The Kier molecular flexibility index (Phi) is 9.81. The summed E-state index contributed by atoms with van der Waals surface area (Å²) in [6.45, 7) is 20.6. The molecule has 1 aromatic carbocycles. The Hall–Kier alpha value is -2.60. The van der Waals surface area contributed by atoms with Crippen LogP contribution in [-0.4, -0.2) is 53.9 Å². The van der Waals surface area contributed by atoms with Gasteiger partial charge in [0.25, 0.3) is 0 Å². The highest BCUT2D eigenvalue weighted by molar-refractivity contribution is 6.90. The van der Waals surface area contributed by atoms with Gasteiger partial charge in [0.2, 0.25) is 5.88 Å². The maximum atomic E-state index is 6.39. The van der Waals surface area contributed by atoms with Crippen LogP contribution in [0.3, 0.4) is 0 Å². The van der Waals surface area contributed by atoms with Crippen LogP contribution in [0.25, 0.3) is 22.0 Å². The molecule has 0 aliphatic carbocycles. The second kappa shape index (κ2) is 12.9. The zero-order valence-electron chi connectivity index (χ0n) is 26.0. The number of ether oxygens (including phenoxy) is 2. The lowest BCUT2D eigenvalue weighted by Crippen LogP contribution is -2.43. The zero-order valence-corrected chi connectivity index (χ0v) is 27.0. The maximum Gasteiger partial charge on any atom is 0.220 e. The number of fused-ring (bicyclic) bond motifs is 1. The Balaban J connectivity index is 1.88. The molecular weight excluding hydrogens is 514 g/mol. The largest absolute Gasteiger partial charge is 0.473 e. The molecule has 2 atom stereocenters. The summed E-state index contributed by atoms with van der Waals surface area (Å²) < 4.78 is 16.6. The molecule has 0 bridgehead atoms. The van der Waals surface area contributed by atoms with Gasteiger partial charge >= 0.3 is 0 Å². The van der Waals surface area contributed by atoms with E-state index in [1.807, 2.05) is 17.9 Å². The number of hydrogen-bond acceptors (Lipinski definition) is 5. The van der Waals surface area contributed by atoms with Gasteiger partial charge < -0.3 is 14.8 Å². The van der Waals surface area contributed by atoms with E-state index >= 15 is 0 Å². The van der Waals surface area contributed by atoms with Gasteiger partial charge in [0.05, 0.1) is 17.3 Å². The van der Waals surface area contributed by atoms with E-state index in [1.54, 1.807) is 0 Å². The van der Waals surface area contributed by atoms with Gasteiger partial charge in [0.15, 0.2) is 6.23 Å². The van der Waals surface area contributed by atoms with Crippen molar-refractivity contribution in [1.29, 1.82) is 0 Å². The second-order valence-corrected chi connectivity index (χ2v) is 17.7. The number of nitrogens with zero attached hydrogens (tertiary/aromatic N) is 4. The minimum Gasteiger partial charge on any atom is -0.473 e. The Morgan fingerprint density at radius 1 is 1.10 bits per heavy atom. The van der Waals surface area contributed by atoms with Crippen LogP contribution in [0.15, 0.2) is 24.4 Å². The first-order valence-electron chi connectivity index (χ1n) is 15.2. The summed E-state index contributed by atoms with van der Waals surface area (Å²) in [5, 5.41) is 14.0. The van der Waals surface area contributed by atoms with Gasteiger partial charge in [-0.15, -0.1) is 5.54 Å². The summed E-state index contributed by atoms with van der Waals surface area (Å²) in [7, 11) is 0.0186. The number of likely N-dealkylation sites (N-methyl/N-ethyl adjacent to an activating group) is 1. The Morgan fingerprint density at radius 3 is 2.42 bits per heavy atom. The van der Waals surface area contributed by atoms with E-state index in [2.05, 4.69) is 100 Å². The van der Waals surface area contributed by atoms with Crippen LogP contribution in [0.4, 0.5) is 0 Å². The maximum absolute atomic E-state index is 6.39. The van der Waals surface area contributed by atoms with Crippen molar-refractivity contribution in [3.8, 4) is 28.5 Å². The lowest BCUT2D eigenvalue weighted by atomic mass is 10.1. The Bertz CT molecular complexity index is 1320. The van der Waals surface area contributed by atoms with Crippen LogP contribution in [0.1, 0.15) is 86.6 Å². The van der Waals surface area contributed by atoms with Crippen molar-refractivity contribution in [2.75, 3.05) is 20.2 Å². The minimum atomic E-state index is -1.92. The molecule has 1 saturated heterocycles. The van der Waals surface area contributed by atoms with Crippen LogP contribution in [0.2, 0.25) is 16.6 Å². The predicted octanol–water partition coefficient (Wildman–Crippen LogP) is 7.18. The summed E-state index contributed by atoms with van der Waals surface area (Å²) in [5.41, 5.74) is 9.55. The molecule has 0 spiro atoms. The SMILES string of the molecule is CCn1ncc(-c2ccc3c(c2)c(C#C[Si](C(C)C)(C(C)C)C(C)C)nn3C2CCCCO2)c1O[C@@H](C)CNC. The lowest BCUT2D eigenvalue weighted by molar-refractivity contribution is -0.0367. The zero-order chi connectivity index (χ0) is 29.0. The molecule has 3 heterocycles. The van der Waals surface area contributed by atoms with E-state index in [4.69, 9.17) is 14.6 Å². The molecule has 0 saturated carbocycles. The number of nitrogens with one attached hydrogen (secondary N) is 1. The average molecular weight is 564 g/mol. The van der Waals surface area contributed by atoms with Crippen LogP contribution in [-0.2, 0) is 11.3 Å². The van der Waals surface area contributed by atoms with Crippen molar-refractivity contribution in [2.24, 2.45) is 0 Å². The number of benzene rings is 1. The van der Waals surface area contributed by atoms with Gasteiger partial charge in [-0.25, -0.2) is 9.36 Å². The number of hydrogen-bond donors (Lipinski definition) is 1. The van der Waals surface area contributed by atoms with E-state index in [0.717, 1.165) is 72.6 Å². The van der Waals surface area contributed by atoms with Crippen LogP contribution < -0.4 is 10.1 Å². The third-order valence-electron chi connectivity index (χ3n) is 8.60. The molecule has 8 heteroatoms. The van der Waals surface area contributed by atoms with Crippen molar-refractivity contribution >= 4 is 19.0 Å². The number of aromatic nitrogens is 4. The van der Waals surface area contributed by atoms with Gasteiger partial charge in [0.1, 0.15) is 19.9 Å². The highest BCUT2D eigenvalue weighted by Gasteiger charge is 2.41. The summed E-state index contributed by atoms with van der Waals surface area (Å²) in [4.78, 5) is 0. The summed E-state index contributed by atoms with van der Waals surface area (Å²) >= 11 is 0. The molecule has 1 aliphatic heterocycles. The fraction of sp³-hybridized carbons (Fsp3) is 0.625. The second-order valence-electron chi connectivity index (χ2n) is 12.2. The Morgan fingerprint density at radius 2 is 1.82 bits per heavy atom. The first kappa shape index (κ1) is 30.4. The lowest BCUT2D eigenvalue weighted by Gasteiger charge is -2.38. The topological polar surface area (TPSA) is 66.1 Å². The third-order valence-corrected chi connectivity index (χ3v) is 14.9. The fourth-order valence-electron chi connectivity index (χ4n) is 6.58. The summed E-state index contributed by atoms with van der Waals surface area (Å²) in [5.74, 6) is 4.45. The van der Waals surface area contributed by atoms with Crippen molar-refractivity contribution < 1.29 is 9.47 Å². The molecule has 1 aliphatic rings.